The van der Waals surface area contributed by atoms with Crippen molar-refractivity contribution in [1.82, 2.24) is 0 Å². The molecule has 1 nitrogen and oxygen atoms in total. The van der Waals surface area contributed by atoms with E-state index in [1.165, 1.54) is 121 Å². The number of hydrogen-bond acceptors (Lipinski definition) is 0. The second-order valence-corrected chi connectivity index (χ2v) is 8.27. The molecule has 0 saturated carbocycles. The molecule has 0 saturated heterocycles. The molecular weight excluding hydrogens is 350 g/mol. The van der Waals surface area contributed by atoms with Crippen molar-refractivity contribution in [2.75, 3.05) is 0 Å². The van der Waals surface area contributed by atoms with Gasteiger partial charge in [-0.3, -0.25) is 0 Å². The zero-order valence-electron chi connectivity index (χ0n) is 18.6. The first-order chi connectivity index (χ1) is 12.8. The van der Waals surface area contributed by atoms with Crippen LogP contribution < -0.4 is 4.57 Å². The molecule has 0 unspecified atom stereocenters. The van der Waals surface area contributed by atoms with Gasteiger partial charge in [-0.1, -0.05) is 96.8 Å². The van der Waals surface area contributed by atoms with Crippen LogP contribution in [0.3, 0.4) is 0 Å². The Labute approximate surface area is 176 Å². The lowest BCUT2D eigenvalue weighted by Crippen LogP contribution is -2.37. The van der Waals surface area contributed by atoms with Crippen molar-refractivity contribution in [3.05, 3.63) is 29.6 Å². The molecule has 0 fully saturated rings. The number of halogens is 1. The van der Waals surface area contributed by atoms with Crippen LogP contribution >= 0.6 is 12.4 Å². The summed E-state index contributed by atoms with van der Waals surface area (Å²) >= 11 is 0. The SMILES string of the molecule is CCCCCCCCCCCCCCCCCC[n+]1cccc(C)c1C.Cl. The Kier molecular flexibility index (Phi) is 18.4. The number of unbranched alkanes of at least 4 members (excludes halogenated alkanes) is 15. The van der Waals surface area contributed by atoms with Gasteiger partial charge in [0.2, 0.25) is 0 Å². The van der Waals surface area contributed by atoms with Crippen molar-refractivity contribution < 1.29 is 4.57 Å². The van der Waals surface area contributed by atoms with E-state index in [9.17, 15) is 0 Å². The van der Waals surface area contributed by atoms with Crippen LogP contribution in [0.15, 0.2) is 18.3 Å². The average Bonchev–Trinajstić information content (AvgIpc) is 2.64. The highest BCUT2D eigenvalue weighted by molar-refractivity contribution is 5.85. The minimum absolute atomic E-state index is 0. The van der Waals surface area contributed by atoms with E-state index >= 15 is 0 Å². The van der Waals surface area contributed by atoms with E-state index < -0.39 is 0 Å². The van der Waals surface area contributed by atoms with Crippen molar-refractivity contribution in [2.24, 2.45) is 0 Å². The van der Waals surface area contributed by atoms with Crippen LogP contribution in [0.4, 0.5) is 0 Å². The third kappa shape index (κ3) is 14.1. The molecule has 1 heterocycles. The van der Waals surface area contributed by atoms with Crippen LogP contribution in [-0.4, -0.2) is 0 Å². The first-order valence-electron chi connectivity index (χ1n) is 11.7. The van der Waals surface area contributed by atoms with Crippen molar-refractivity contribution in [3.8, 4) is 0 Å². The first-order valence-corrected chi connectivity index (χ1v) is 11.7. The van der Waals surface area contributed by atoms with Crippen molar-refractivity contribution >= 4 is 12.4 Å². The Morgan fingerprint density at radius 1 is 0.630 bits per heavy atom. The lowest BCUT2D eigenvalue weighted by Gasteiger charge is -2.04. The number of aryl methyl sites for hydroxylation is 2. The summed E-state index contributed by atoms with van der Waals surface area (Å²) in [5.74, 6) is 0. The van der Waals surface area contributed by atoms with Gasteiger partial charge < -0.3 is 0 Å². The van der Waals surface area contributed by atoms with Crippen LogP contribution in [0.5, 0.6) is 0 Å². The van der Waals surface area contributed by atoms with Crippen molar-refractivity contribution in [3.63, 3.8) is 0 Å². The summed E-state index contributed by atoms with van der Waals surface area (Å²) in [6, 6.07) is 4.38. The molecule has 0 radical (unpaired) electrons. The van der Waals surface area contributed by atoms with E-state index in [2.05, 4.69) is 43.7 Å². The van der Waals surface area contributed by atoms with Crippen LogP contribution in [0, 0.1) is 13.8 Å². The smallest absolute Gasteiger partial charge is 0.181 e. The van der Waals surface area contributed by atoms with Gasteiger partial charge in [-0.2, -0.15) is 0 Å². The van der Waals surface area contributed by atoms with Crippen molar-refractivity contribution in [1.29, 1.82) is 0 Å². The second kappa shape index (κ2) is 18.8. The Balaban J connectivity index is 0.00000676. The molecule has 0 aliphatic carbocycles. The molecule has 0 aliphatic rings. The fourth-order valence-electron chi connectivity index (χ4n) is 3.82. The molecule has 1 aromatic rings. The van der Waals surface area contributed by atoms with Crippen LogP contribution in [0.2, 0.25) is 0 Å². The predicted octanol–water partition coefficient (Wildman–Crippen LogP) is 8.27. The van der Waals surface area contributed by atoms with Gasteiger partial charge in [-0.05, 0) is 19.4 Å². The van der Waals surface area contributed by atoms with Gasteiger partial charge in [0.15, 0.2) is 11.9 Å². The number of rotatable bonds is 17. The predicted molar refractivity (Wildman–Crippen MR) is 123 cm³/mol. The number of aromatic nitrogens is 1. The van der Waals surface area contributed by atoms with E-state index in [0.29, 0.717) is 0 Å². The minimum Gasteiger partial charge on any atom is -0.202 e. The maximum atomic E-state index is 2.42. The maximum absolute atomic E-state index is 2.42. The summed E-state index contributed by atoms with van der Waals surface area (Å²) in [6.45, 7) is 7.93. The van der Waals surface area contributed by atoms with E-state index in [0.717, 1.165) is 0 Å². The molecule has 0 N–H and O–H groups in total. The van der Waals surface area contributed by atoms with Gasteiger partial charge in [0.25, 0.3) is 0 Å². The van der Waals surface area contributed by atoms with Gasteiger partial charge in [0.1, 0.15) is 6.54 Å². The standard InChI is InChI=1S/C25H46N.ClH/c1-4-5-6-7-8-9-10-11-12-13-14-15-16-17-18-19-22-26-23-20-21-24(2)25(26)3;/h20-21,23H,4-19,22H2,1-3H3;1H/q+1;. The van der Waals surface area contributed by atoms with Gasteiger partial charge >= 0.3 is 0 Å². The lowest BCUT2D eigenvalue weighted by atomic mass is 10.0. The summed E-state index contributed by atoms with van der Waals surface area (Å²) in [5, 5.41) is 0. The van der Waals surface area contributed by atoms with E-state index in [4.69, 9.17) is 0 Å². The highest BCUT2D eigenvalue weighted by Gasteiger charge is 2.07. The fraction of sp³-hybridized carbons (Fsp3) is 0.800. The zero-order valence-corrected chi connectivity index (χ0v) is 19.4. The van der Waals surface area contributed by atoms with Crippen LogP contribution in [0.1, 0.15) is 121 Å². The average molecular weight is 397 g/mol. The highest BCUT2D eigenvalue weighted by atomic mass is 35.5. The number of nitrogens with zero attached hydrogens (tertiary/aromatic N) is 1. The van der Waals surface area contributed by atoms with Gasteiger partial charge in [-0.25, -0.2) is 4.57 Å². The largest absolute Gasteiger partial charge is 0.202 e. The minimum atomic E-state index is 0. The molecule has 0 bridgehead atoms. The molecule has 1 aromatic heterocycles. The lowest BCUT2D eigenvalue weighted by molar-refractivity contribution is -0.703. The Morgan fingerprint density at radius 2 is 1.04 bits per heavy atom. The van der Waals surface area contributed by atoms with E-state index in [1.807, 2.05) is 0 Å². The molecular formula is C25H47ClN+. The molecule has 0 aliphatic heterocycles. The highest BCUT2D eigenvalue weighted by Crippen LogP contribution is 2.13. The molecule has 2 heteroatoms. The summed E-state index contributed by atoms with van der Waals surface area (Å²) in [4.78, 5) is 0. The Morgan fingerprint density at radius 3 is 1.48 bits per heavy atom. The normalized spacial score (nSPS) is 10.8. The van der Waals surface area contributed by atoms with Gasteiger partial charge in [0, 0.05) is 25.0 Å². The maximum Gasteiger partial charge on any atom is 0.181 e. The van der Waals surface area contributed by atoms with Gasteiger partial charge in [0.05, 0.1) is 0 Å². The molecule has 0 atom stereocenters. The summed E-state index contributed by atoms with van der Waals surface area (Å²) < 4.78 is 2.42. The third-order valence-electron chi connectivity index (χ3n) is 5.87. The van der Waals surface area contributed by atoms with Crippen LogP contribution in [0.25, 0.3) is 0 Å². The summed E-state index contributed by atoms with van der Waals surface area (Å²) in [5.41, 5.74) is 2.83. The quantitative estimate of drug-likeness (QED) is 0.184. The Hall–Kier alpha value is -0.560. The van der Waals surface area contributed by atoms with Crippen molar-refractivity contribution in [2.45, 2.75) is 130 Å². The molecule has 0 amide bonds. The van der Waals surface area contributed by atoms with Gasteiger partial charge in [-0.15, -0.1) is 12.4 Å². The summed E-state index contributed by atoms with van der Waals surface area (Å²) in [6.07, 6.45) is 25.3. The van der Waals surface area contributed by atoms with E-state index in [1.54, 1.807) is 0 Å². The number of pyridine rings is 1. The topological polar surface area (TPSA) is 3.88 Å². The molecule has 27 heavy (non-hydrogen) atoms. The Bertz CT molecular complexity index is 444. The first kappa shape index (κ1) is 26.4. The summed E-state index contributed by atoms with van der Waals surface area (Å²) in [7, 11) is 0. The molecule has 0 spiro atoms. The fourth-order valence-corrected chi connectivity index (χ4v) is 3.82. The molecule has 158 valence electrons. The monoisotopic (exact) mass is 396 g/mol. The zero-order chi connectivity index (χ0) is 18.9. The van der Waals surface area contributed by atoms with E-state index in [-0.39, 0.29) is 12.4 Å². The third-order valence-corrected chi connectivity index (χ3v) is 5.87. The molecule has 0 aromatic carbocycles. The van der Waals surface area contributed by atoms with Crippen LogP contribution in [-0.2, 0) is 6.54 Å². The second-order valence-electron chi connectivity index (χ2n) is 8.27. The number of hydrogen-bond donors (Lipinski definition) is 0. The molecule has 1 rings (SSSR count).